The second kappa shape index (κ2) is 10.3. The van der Waals surface area contributed by atoms with Crippen molar-refractivity contribution in [1.29, 1.82) is 0 Å². The van der Waals surface area contributed by atoms with Crippen LogP contribution in [0.4, 0.5) is 10.4 Å². The number of nitrogens with one attached hydrogen (secondary N) is 2. The van der Waals surface area contributed by atoms with Crippen molar-refractivity contribution in [3.8, 4) is 22.6 Å². The van der Waals surface area contributed by atoms with Gasteiger partial charge in [0.05, 0.1) is 10.4 Å². The zero-order valence-electron chi connectivity index (χ0n) is 21.5. The fourth-order valence-electron chi connectivity index (χ4n) is 4.23. The summed E-state index contributed by atoms with van der Waals surface area (Å²) in [7, 11) is -2.57. The third kappa shape index (κ3) is 4.88. The third-order valence-electron chi connectivity index (χ3n) is 6.29. The van der Waals surface area contributed by atoms with Crippen LogP contribution in [0.5, 0.6) is 0 Å². The molecule has 39 heavy (non-hydrogen) atoms. The first-order valence-electron chi connectivity index (χ1n) is 12.3. The van der Waals surface area contributed by atoms with Gasteiger partial charge in [-0.25, -0.2) is 16.8 Å². The highest BCUT2D eigenvalue weighted by Gasteiger charge is 2.24. The van der Waals surface area contributed by atoms with Crippen molar-refractivity contribution >= 4 is 32.8 Å². The van der Waals surface area contributed by atoms with Crippen molar-refractivity contribution in [2.75, 3.05) is 18.9 Å². The van der Waals surface area contributed by atoms with E-state index in [0.717, 1.165) is 16.0 Å². The number of nitrogens with zero attached hydrogens (tertiary/aromatic N) is 3. The fourth-order valence-corrected chi connectivity index (χ4v) is 5.60. The number of hydrogen-bond donors (Lipinski definition) is 2. The Morgan fingerprint density at radius 1 is 1.03 bits per heavy atom. The quantitative estimate of drug-likeness (QED) is 0.273. The smallest absolute Gasteiger partial charge is 0.315 e. The maximum absolute atomic E-state index is 15.2. The number of hydrogen-bond acceptors (Lipinski definition) is 7. The Kier molecular flexibility index (Phi) is 6.92. The summed E-state index contributed by atoms with van der Waals surface area (Å²) in [6, 6.07) is 15.7. The molecule has 0 radical (unpaired) electrons. The van der Waals surface area contributed by atoms with Gasteiger partial charge in [-0.2, -0.15) is 0 Å². The molecule has 0 aliphatic rings. The van der Waals surface area contributed by atoms with Crippen LogP contribution in [0.2, 0.25) is 0 Å². The van der Waals surface area contributed by atoms with Gasteiger partial charge in [-0.15, -0.1) is 5.10 Å². The van der Waals surface area contributed by atoms with Crippen molar-refractivity contribution in [1.82, 2.24) is 19.5 Å². The molecule has 0 saturated heterocycles. The molecular weight excluding hydrogens is 521 g/mol. The number of carbonyl (C=O) groups excluding carboxylic acids is 1. The molecule has 3 aromatic carbocycles. The van der Waals surface area contributed by atoms with Gasteiger partial charge in [-0.3, -0.25) is 4.79 Å². The van der Waals surface area contributed by atoms with E-state index in [1.807, 2.05) is 13.8 Å². The van der Waals surface area contributed by atoms with Gasteiger partial charge in [-0.05, 0) is 61.9 Å². The normalized spacial score (nSPS) is 11.6. The number of fused-ring (bicyclic) bond motifs is 1. The zero-order valence-corrected chi connectivity index (χ0v) is 22.3. The second-order valence-corrected chi connectivity index (χ2v) is 10.8. The van der Waals surface area contributed by atoms with E-state index in [1.165, 1.54) is 43.6 Å². The van der Waals surface area contributed by atoms with Crippen molar-refractivity contribution in [3.05, 3.63) is 83.8 Å². The summed E-state index contributed by atoms with van der Waals surface area (Å²) in [6.45, 7) is 4.53. The van der Waals surface area contributed by atoms with Crippen LogP contribution in [-0.2, 0) is 10.0 Å². The summed E-state index contributed by atoms with van der Waals surface area (Å²) in [6.07, 6.45) is 2.24. The van der Waals surface area contributed by atoms with Crippen LogP contribution in [-0.4, -0.2) is 42.1 Å². The summed E-state index contributed by atoms with van der Waals surface area (Å²) >= 11 is 0. The number of halogens is 1. The van der Waals surface area contributed by atoms with Gasteiger partial charge in [0.2, 0.25) is 5.89 Å². The standard InChI is InChI=1S/C28H26FN5O4S/c1-4-13-31-28-33-32-27(38-28)19-8-12-25-22(15-19)23(21-14-18(26(35)30-3)7-11-24(21)29)16-34(25)39(36,37)20-9-5-17(2)6-10-20/h5-12,14-16H,4,13H2,1-3H3,(H,30,35)(H,31,33). The van der Waals surface area contributed by atoms with Crippen LogP contribution in [0.15, 0.2) is 76.2 Å². The van der Waals surface area contributed by atoms with Crippen LogP contribution in [0.3, 0.4) is 0 Å². The molecule has 0 atom stereocenters. The van der Waals surface area contributed by atoms with Crippen LogP contribution >= 0.6 is 0 Å². The molecule has 9 nitrogen and oxygen atoms in total. The number of benzene rings is 3. The van der Waals surface area contributed by atoms with Gasteiger partial charge < -0.3 is 15.1 Å². The highest BCUT2D eigenvalue weighted by molar-refractivity contribution is 7.90. The zero-order chi connectivity index (χ0) is 27.7. The van der Waals surface area contributed by atoms with E-state index in [9.17, 15) is 13.2 Å². The minimum absolute atomic E-state index is 0.0759. The average molecular weight is 548 g/mol. The first-order valence-corrected chi connectivity index (χ1v) is 13.7. The predicted molar refractivity (Wildman–Crippen MR) is 147 cm³/mol. The van der Waals surface area contributed by atoms with E-state index in [-0.39, 0.29) is 33.5 Å². The van der Waals surface area contributed by atoms with Crippen molar-refractivity contribution in [2.45, 2.75) is 25.2 Å². The van der Waals surface area contributed by atoms with E-state index in [1.54, 1.807) is 30.3 Å². The monoisotopic (exact) mass is 547 g/mol. The Hall–Kier alpha value is -4.51. The molecule has 0 aliphatic carbocycles. The van der Waals surface area contributed by atoms with Crippen molar-refractivity contribution < 1.29 is 22.0 Å². The van der Waals surface area contributed by atoms with Crippen molar-refractivity contribution in [3.63, 3.8) is 0 Å². The van der Waals surface area contributed by atoms with E-state index in [0.29, 0.717) is 23.0 Å². The van der Waals surface area contributed by atoms with E-state index >= 15 is 4.39 Å². The largest absolute Gasteiger partial charge is 0.403 e. The molecule has 0 bridgehead atoms. The molecule has 2 N–H and O–H groups in total. The maximum atomic E-state index is 15.2. The Morgan fingerprint density at radius 2 is 1.79 bits per heavy atom. The second-order valence-electron chi connectivity index (χ2n) is 9.00. The molecule has 11 heteroatoms. The first-order chi connectivity index (χ1) is 18.7. The molecule has 200 valence electrons. The Morgan fingerprint density at radius 3 is 2.51 bits per heavy atom. The Bertz CT molecular complexity index is 1790. The Balaban J connectivity index is 1.73. The van der Waals surface area contributed by atoms with Gasteiger partial charge in [0.15, 0.2) is 0 Å². The highest BCUT2D eigenvalue weighted by atomic mass is 32.2. The van der Waals surface area contributed by atoms with E-state index < -0.39 is 21.7 Å². The molecule has 2 aromatic heterocycles. The lowest BCUT2D eigenvalue weighted by atomic mass is 10.00. The predicted octanol–water partition coefficient (Wildman–Crippen LogP) is 5.22. The number of anilines is 1. The number of amides is 1. The maximum Gasteiger partial charge on any atom is 0.315 e. The molecule has 0 fully saturated rings. The van der Waals surface area contributed by atoms with Gasteiger partial charge >= 0.3 is 6.01 Å². The number of carbonyl (C=O) groups is 1. The molecule has 0 spiro atoms. The van der Waals surface area contributed by atoms with E-state index in [4.69, 9.17) is 4.42 Å². The van der Waals surface area contributed by atoms with Gasteiger partial charge in [0.1, 0.15) is 5.82 Å². The first kappa shape index (κ1) is 26.1. The van der Waals surface area contributed by atoms with Crippen LogP contribution in [0, 0.1) is 12.7 Å². The molecule has 5 aromatic rings. The van der Waals surface area contributed by atoms with Crippen LogP contribution in [0.25, 0.3) is 33.5 Å². The number of aromatic nitrogens is 3. The summed E-state index contributed by atoms with van der Waals surface area (Å²) in [5, 5.41) is 14.1. The lowest BCUT2D eigenvalue weighted by Gasteiger charge is -2.08. The molecule has 0 unspecified atom stereocenters. The summed E-state index contributed by atoms with van der Waals surface area (Å²) in [5.41, 5.74) is 2.35. The van der Waals surface area contributed by atoms with Crippen molar-refractivity contribution in [2.24, 2.45) is 0 Å². The summed E-state index contributed by atoms with van der Waals surface area (Å²) in [5.74, 6) is -0.787. The number of rotatable bonds is 8. The van der Waals surface area contributed by atoms with E-state index in [2.05, 4.69) is 20.8 Å². The molecule has 0 saturated carbocycles. The minimum atomic E-state index is -4.04. The summed E-state index contributed by atoms with van der Waals surface area (Å²) < 4.78 is 49.5. The molecule has 1 amide bonds. The Labute approximate surface area is 224 Å². The minimum Gasteiger partial charge on any atom is -0.403 e. The molecular formula is C28H26FN5O4S. The SMILES string of the molecule is CCCNc1nnc(-c2ccc3c(c2)c(-c2cc(C(=O)NC)ccc2F)cn3S(=O)(=O)c2ccc(C)cc2)o1. The van der Waals surface area contributed by atoms with Crippen LogP contribution < -0.4 is 10.6 Å². The third-order valence-corrected chi connectivity index (χ3v) is 7.98. The lowest BCUT2D eigenvalue weighted by Crippen LogP contribution is -2.17. The number of aryl methyl sites for hydroxylation is 1. The highest BCUT2D eigenvalue weighted by Crippen LogP contribution is 2.37. The average Bonchev–Trinajstić information content (AvgIpc) is 3.57. The fraction of sp³-hybridized carbons (Fsp3) is 0.179. The molecule has 5 rings (SSSR count). The van der Waals surface area contributed by atoms with Gasteiger partial charge in [-0.1, -0.05) is 29.7 Å². The van der Waals surface area contributed by atoms with Crippen LogP contribution in [0.1, 0.15) is 29.3 Å². The topological polar surface area (TPSA) is 119 Å². The van der Waals surface area contributed by atoms with Gasteiger partial charge in [0.25, 0.3) is 15.9 Å². The lowest BCUT2D eigenvalue weighted by molar-refractivity contribution is 0.0963. The molecule has 0 aliphatic heterocycles. The molecule has 2 heterocycles. The van der Waals surface area contributed by atoms with Gasteiger partial charge in [0, 0.05) is 47.4 Å². The summed E-state index contributed by atoms with van der Waals surface area (Å²) in [4.78, 5) is 12.4.